The third-order valence-electron chi connectivity index (χ3n) is 9.04. The highest BCUT2D eigenvalue weighted by Crippen LogP contribution is 2.68. The first kappa shape index (κ1) is 34.1. The molecule has 2 aliphatic carbocycles. The molecule has 0 unspecified atom stereocenters. The number of nitrogens with two attached hydrogens (primary N) is 1. The van der Waals surface area contributed by atoms with Gasteiger partial charge in [-0.3, -0.25) is 13.9 Å². The SMILES string of the molecule is Cc1ccc(-c2ccc(C#CC(C)(C)C)nc2[C@H](Cc2cc(F)cc(F)c2)NC(=O)Cn2nc(C(F)F)c3c2C(F)(F)[C@@H]2C[C@H]32)c2nnc(N)n12. The highest BCUT2D eigenvalue weighted by molar-refractivity contribution is 5.82. The molecule has 4 aromatic heterocycles. The Morgan fingerprint density at radius 2 is 1.76 bits per heavy atom. The maximum Gasteiger partial charge on any atom is 0.293 e. The van der Waals surface area contributed by atoms with Crippen LogP contribution in [0.25, 0.3) is 16.8 Å². The van der Waals surface area contributed by atoms with Crippen LogP contribution in [0.4, 0.5) is 32.3 Å². The first-order chi connectivity index (χ1) is 24.0. The van der Waals surface area contributed by atoms with Gasteiger partial charge >= 0.3 is 0 Å². The summed E-state index contributed by atoms with van der Waals surface area (Å²) >= 11 is 0. The van der Waals surface area contributed by atoms with Gasteiger partial charge in [0.2, 0.25) is 11.9 Å². The lowest BCUT2D eigenvalue weighted by Crippen LogP contribution is -2.35. The van der Waals surface area contributed by atoms with E-state index in [-0.39, 0.29) is 35.6 Å². The minimum absolute atomic E-state index is 0.0662. The summed E-state index contributed by atoms with van der Waals surface area (Å²) in [6.45, 7) is 6.71. The van der Waals surface area contributed by atoms with Crippen LogP contribution in [0.5, 0.6) is 0 Å². The molecule has 0 bridgehead atoms. The molecule has 0 saturated heterocycles. The van der Waals surface area contributed by atoms with Crippen molar-refractivity contribution >= 4 is 17.5 Å². The molecule has 1 amide bonds. The highest BCUT2D eigenvalue weighted by Gasteiger charge is 2.67. The van der Waals surface area contributed by atoms with Gasteiger partial charge in [0, 0.05) is 39.8 Å². The molecule has 0 radical (unpaired) electrons. The van der Waals surface area contributed by atoms with Crippen LogP contribution < -0.4 is 11.1 Å². The molecule has 1 fully saturated rings. The molecule has 3 atom stereocenters. The van der Waals surface area contributed by atoms with Gasteiger partial charge in [-0.2, -0.15) is 13.9 Å². The second-order valence-electron chi connectivity index (χ2n) is 14.0. The number of benzene rings is 1. The summed E-state index contributed by atoms with van der Waals surface area (Å²) in [5.41, 5.74) is 6.71. The summed E-state index contributed by atoms with van der Waals surface area (Å²) in [6, 6.07) is 8.64. The number of nitrogens with one attached hydrogen (secondary N) is 1. The number of aromatic nitrogens is 6. The first-order valence-corrected chi connectivity index (χ1v) is 16.2. The van der Waals surface area contributed by atoms with E-state index in [1.54, 1.807) is 35.6 Å². The van der Waals surface area contributed by atoms with Crippen LogP contribution in [0.2, 0.25) is 0 Å². The number of hydrogen-bond acceptors (Lipinski definition) is 6. The number of nitrogens with zero attached hydrogens (tertiary/aromatic N) is 6. The van der Waals surface area contributed by atoms with Crippen LogP contribution in [-0.2, 0) is 23.7 Å². The monoisotopic (exact) mass is 706 g/mol. The fourth-order valence-corrected chi connectivity index (χ4v) is 6.81. The van der Waals surface area contributed by atoms with Gasteiger partial charge in [-0.15, -0.1) is 10.2 Å². The highest BCUT2D eigenvalue weighted by atomic mass is 19.3. The van der Waals surface area contributed by atoms with E-state index in [0.29, 0.717) is 33.2 Å². The van der Waals surface area contributed by atoms with Crippen molar-refractivity contribution in [3.63, 3.8) is 0 Å². The van der Waals surface area contributed by atoms with Gasteiger partial charge in [-0.1, -0.05) is 5.92 Å². The molecule has 7 rings (SSSR count). The van der Waals surface area contributed by atoms with E-state index in [4.69, 9.17) is 10.7 Å². The van der Waals surface area contributed by atoms with Gasteiger partial charge in [0.25, 0.3) is 12.3 Å². The van der Waals surface area contributed by atoms with E-state index in [9.17, 15) is 22.4 Å². The van der Waals surface area contributed by atoms with Crippen LogP contribution in [0.1, 0.15) is 85.2 Å². The number of nitrogen functional groups attached to an aromatic ring is 1. The summed E-state index contributed by atoms with van der Waals surface area (Å²) < 4.78 is 89.6. The summed E-state index contributed by atoms with van der Waals surface area (Å²) in [5.74, 6) is -1.64. The van der Waals surface area contributed by atoms with Gasteiger partial charge in [0.1, 0.15) is 35.3 Å². The van der Waals surface area contributed by atoms with Crippen molar-refractivity contribution in [1.82, 2.24) is 34.7 Å². The quantitative estimate of drug-likeness (QED) is 0.136. The number of anilines is 1. The Morgan fingerprint density at radius 1 is 1.06 bits per heavy atom. The molecule has 51 heavy (non-hydrogen) atoms. The smallest absolute Gasteiger partial charge is 0.293 e. The number of aryl methyl sites for hydroxylation is 1. The zero-order valence-electron chi connectivity index (χ0n) is 27.9. The Morgan fingerprint density at radius 3 is 2.45 bits per heavy atom. The largest absolute Gasteiger partial charge is 0.368 e. The lowest BCUT2D eigenvalue weighted by Gasteiger charge is -2.23. The molecule has 1 aromatic carbocycles. The van der Waals surface area contributed by atoms with Gasteiger partial charge in [0.05, 0.1) is 11.7 Å². The number of hydrogen-bond donors (Lipinski definition) is 2. The average Bonchev–Trinajstić information content (AvgIpc) is 3.53. The summed E-state index contributed by atoms with van der Waals surface area (Å²) in [6.07, 6.45) is -3.26. The van der Waals surface area contributed by atoms with Crippen molar-refractivity contribution in [2.24, 2.45) is 11.3 Å². The van der Waals surface area contributed by atoms with Gasteiger partial charge in [-0.05, 0) is 94.3 Å². The fraction of sp³-hybridized carbons (Fsp3) is 0.361. The van der Waals surface area contributed by atoms with Crippen molar-refractivity contribution in [2.45, 2.75) is 71.4 Å². The zero-order valence-corrected chi connectivity index (χ0v) is 27.9. The van der Waals surface area contributed by atoms with Gasteiger partial charge in [0.15, 0.2) is 5.65 Å². The molecule has 15 heteroatoms. The second-order valence-corrected chi connectivity index (χ2v) is 14.0. The number of pyridine rings is 2. The van der Waals surface area contributed by atoms with Crippen molar-refractivity contribution < 1.29 is 31.1 Å². The molecule has 2 aliphatic rings. The zero-order chi connectivity index (χ0) is 36.6. The number of halogens is 6. The Bertz CT molecular complexity index is 2260. The van der Waals surface area contributed by atoms with Crippen molar-refractivity contribution in [1.29, 1.82) is 0 Å². The standard InChI is InChI=1S/C36H32F6N8O/c1-17-5-7-23(33-46-47-34(43)50(17)33)22-8-6-21(9-10-35(2,3)4)44-29(22)26(13-18-11-19(37)14-20(38)12-18)45-27(51)16-49-31-28(30(48-49)32(39)40)24-15-25(24)36(31,41)42/h5-8,11-12,14,24-26,32H,13,15-16H2,1-4H3,(H2,43,47)(H,45,51)/t24-,25+,26-/m0/s1. The Hall–Kier alpha value is -5.39. The third kappa shape index (κ3) is 6.28. The summed E-state index contributed by atoms with van der Waals surface area (Å²) in [5, 5.41) is 14.8. The average molecular weight is 707 g/mol. The Kier molecular flexibility index (Phi) is 8.11. The number of rotatable bonds is 8. The van der Waals surface area contributed by atoms with Crippen LogP contribution in [0.15, 0.2) is 42.5 Å². The molecule has 1 saturated carbocycles. The van der Waals surface area contributed by atoms with E-state index >= 15 is 8.78 Å². The van der Waals surface area contributed by atoms with E-state index in [1.165, 1.54) is 0 Å². The molecule has 9 nitrogen and oxygen atoms in total. The van der Waals surface area contributed by atoms with Gasteiger partial charge in [-0.25, -0.2) is 22.5 Å². The minimum Gasteiger partial charge on any atom is -0.368 e. The maximum absolute atomic E-state index is 15.3. The molecule has 4 heterocycles. The number of carbonyl (C=O) groups excluding carboxylic acids is 1. The minimum atomic E-state index is -3.44. The first-order valence-electron chi connectivity index (χ1n) is 16.2. The second kappa shape index (κ2) is 12.1. The lowest BCUT2D eigenvalue weighted by molar-refractivity contribution is -0.123. The van der Waals surface area contributed by atoms with E-state index in [0.717, 1.165) is 17.8 Å². The van der Waals surface area contributed by atoms with Crippen molar-refractivity contribution in [3.05, 3.63) is 93.7 Å². The maximum atomic E-state index is 15.3. The fourth-order valence-electron chi connectivity index (χ4n) is 6.81. The van der Waals surface area contributed by atoms with Crippen molar-refractivity contribution in [3.8, 4) is 23.0 Å². The lowest BCUT2D eigenvalue weighted by atomic mass is 9.94. The van der Waals surface area contributed by atoms with Crippen molar-refractivity contribution in [2.75, 3.05) is 5.73 Å². The summed E-state index contributed by atoms with van der Waals surface area (Å²) in [4.78, 5) is 18.6. The summed E-state index contributed by atoms with van der Waals surface area (Å²) in [7, 11) is 0. The Labute approximate surface area is 288 Å². The molecular formula is C36H32F6N8O. The van der Waals surface area contributed by atoms with Crippen LogP contribution >= 0.6 is 0 Å². The molecule has 0 spiro atoms. The molecule has 3 N–H and O–H groups in total. The third-order valence-corrected chi connectivity index (χ3v) is 9.04. The Balaban J connectivity index is 1.35. The van der Waals surface area contributed by atoms with Crippen LogP contribution in [0, 0.1) is 41.7 Å². The molecule has 0 aliphatic heterocycles. The number of amides is 1. The van der Waals surface area contributed by atoms with Crippen LogP contribution in [0.3, 0.4) is 0 Å². The van der Waals surface area contributed by atoms with Crippen LogP contribution in [-0.4, -0.2) is 35.3 Å². The molecule has 5 aromatic rings. The number of fused-ring (bicyclic) bond motifs is 4. The molecular weight excluding hydrogens is 674 g/mol. The predicted octanol–water partition coefficient (Wildman–Crippen LogP) is 6.80. The topological polar surface area (TPSA) is 116 Å². The number of alkyl halides is 4. The van der Waals surface area contributed by atoms with E-state index in [2.05, 4.69) is 32.5 Å². The van der Waals surface area contributed by atoms with Gasteiger partial charge < -0.3 is 11.1 Å². The predicted molar refractivity (Wildman–Crippen MR) is 175 cm³/mol. The normalized spacial score (nSPS) is 17.9. The van der Waals surface area contributed by atoms with E-state index < -0.39 is 71.1 Å². The number of carbonyl (C=O) groups is 1. The van der Waals surface area contributed by atoms with E-state index in [1.807, 2.05) is 20.8 Å². The molecule has 264 valence electrons.